The summed E-state index contributed by atoms with van der Waals surface area (Å²) in [4.78, 5) is 19.8. The monoisotopic (exact) mass is 407 g/mol. The first-order valence-electron chi connectivity index (χ1n) is 10.2. The molecule has 1 aromatic carbocycles. The van der Waals surface area contributed by atoms with E-state index in [1.54, 1.807) is 16.9 Å². The Kier molecular flexibility index (Phi) is 4.39. The van der Waals surface area contributed by atoms with E-state index in [1.165, 1.54) is 0 Å². The minimum Gasteiger partial charge on any atom is -0.487 e. The molecule has 2 aliphatic heterocycles. The Labute approximate surface area is 174 Å². The second kappa shape index (κ2) is 6.98. The van der Waals surface area contributed by atoms with E-state index in [0.29, 0.717) is 24.4 Å². The summed E-state index contributed by atoms with van der Waals surface area (Å²) in [6.45, 7) is 8.95. The Balaban J connectivity index is 1.51. The minimum absolute atomic E-state index is 0.228. The molecule has 2 aromatic heterocycles. The van der Waals surface area contributed by atoms with Crippen molar-refractivity contribution in [3.8, 4) is 5.75 Å². The highest BCUT2D eigenvalue weighted by Crippen LogP contribution is 2.42. The number of ether oxygens (including phenoxy) is 2. The minimum atomic E-state index is -0.253. The Morgan fingerprint density at radius 1 is 1.20 bits per heavy atom. The van der Waals surface area contributed by atoms with Crippen LogP contribution in [0.3, 0.4) is 0 Å². The number of anilines is 2. The first kappa shape index (κ1) is 18.9. The topological polar surface area (TPSA) is 81.0 Å². The number of carbonyl (C=O) groups excluding carboxylic acids is 1. The molecule has 8 nitrogen and oxygen atoms in total. The van der Waals surface area contributed by atoms with Gasteiger partial charge in [0.1, 0.15) is 16.9 Å². The predicted octanol–water partition coefficient (Wildman–Crippen LogP) is 2.84. The number of nitrogens with one attached hydrogen (secondary N) is 1. The summed E-state index contributed by atoms with van der Waals surface area (Å²) in [7, 11) is 0. The summed E-state index contributed by atoms with van der Waals surface area (Å²) >= 11 is 0. The molecule has 30 heavy (non-hydrogen) atoms. The van der Waals surface area contributed by atoms with Gasteiger partial charge in [0.05, 0.1) is 30.8 Å². The van der Waals surface area contributed by atoms with Crippen molar-refractivity contribution in [3.05, 3.63) is 47.4 Å². The maximum absolute atomic E-state index is 13.2. The fourth-order valence-corrected chi connectivity index (χ4v) is 4.12. The normalized spacial score (nSPS) is 17.6. The zero-order chi connectivity index (χ0) is 20.9. The molecule has 2 aliphatic rings. The number of aryl methyl sites for hydroxylation is 1. The number of hydrogen-bond donors (Lipinski definition) is 1. The number of aromatic nitrogens is 3. The molecule has 1 fully saturated rings. The van der Waals surface area contributed by atoms with Crippen molar-refractivity contribution in [3.63, 3.8) is 0 Å². The van der Waals surface area contributed by atoms with Crippen LogP contribution >= 0.6 is 0 Å². The third kappa shape index (κ3) is 3.37. The van der Waals surface area contributed by atoms with Crippen LogP contribution in [-0.2, 0) is 11.2 Å². The van der Waals surface area contributed by atoms with Crippen molar-refractivity contribution in [2.24, 2.45) is 0 Å². The first-order chi connectivity index (χ1) is 14.4. The number of carbonyl (C=O) groups is 1. The number of fused-ring (bicyclic) bond motifs is 2. The van der Waals surface area contributed by atoms with Gasteiger partial charge < -0.3 is 19.7 Å². The third-order valence-corrected chi connectivity index (χ3v) is 5.51. The molecule has 1 saturated heterocycles. The largest absolute Gasteiger partial charge is 0.487 e. The average Bonchev–Trinajstić information content (AvgIpc) is 3.26. The van der Waals surface area contributed by atoms with E-state index in [-0.39, 0.29) is 11.5 Å². The molecule has 4 heterocycles. The third-order valence-electron chi connectivity index (χ3n) is 5.51. The van der Waals surface area contributed by atoms with Crippen molar-refractivity contribution in [1.82, 2.24) is 14.6 Å². The van der Waals surface area contributed by atoms with Gasteiger partial charge in [-0.05, 0) is 32.4 Å². The molecule has 0 saturated carbocycles. The van der Waals surface area contributed by atoms with Gasteiger partial charge in [-0.15, -0.1) is 0 Å². The van der Waals surface area contributed by atoms with Crippen LogP contribution in [0.5, 0.6) is 5.75 Å². The zero-order valence-electron chi connectivity index (χ0n) is 17.4. The SMILES string of the molecule is Cc1cnc2c(C(=O)Nc3cc4c(cc3N3CCOCC3)OC(C)(C)C4)cnn2c1. The second-order valence-corrected chi connectivity index (χ2v) is 8.53. The quantitative estimate of drug-likeness (QED) is 0.719. The van der Waals surface area contributed by atoms with Gasteiger partial charge in [0.2, 0.25) is 0 Å². The summed E-state index contributed by atoms with van der Waals surface area (Å²) in [6, 6.07) is 4.08. The summed E-state index contributed by atoms with van der Waals surface area (Å²) in [6.07, 6.45) is 5.95. The van der Waals surface area contributed by atoms with Gasteiger partial charge in [-0.2, -0.15) is 5.10 Å². The van der Waals surface area contributed by atoms with Gasteiger partial charge in [0, 0.05) is 43.5 Å². The van der Waals surface area contributed by atoms with E-state index in [4.69, 9.17) is 9.47 Å². The Bertz CT molecular complexity index is 1130. The molecular weight excluding hydrogens is 382 g/mol. The number of rotatable bonds is 3. The molecule has 1 amide bonds. The Morgan fingerprint density at radius 3 is 2.80 bits per heavy atom. The molecule has 5 rings (SSSR count). The second-order valence-electron chi connectivity index (χ2n) is 8.53. The average molecular weight is 407 g/mol. The van der Waals surface area contributed by atoms with Crippen molar-refractivity contribution < 1.29 is 14.3 Å². The van der Waals surface area contributed by atoms with Crippen LogP contribution in [0.4, 0.5) is 11.4 Å². The van der Waals surface area contributed by atoms with Gasteiger partial charge in [-0.3, -0.25) is 4.79 Å². The van der Waals surface area contributed by atoms with E-state index < -0.39 is 0 Å². The van der Waals surface area contributed by atoms with Crippen molar-refractivity contribution in [1.29, 1.82) is 0 Å². The van der Waals surface area contributed by atoms with Crippen LogP contribution in [0, 0.1) is 6.92 Å². The maximum atomic E-state index is 13.2. The highest BCUT2D eigenvalue weighted by molar-refractivity contribution is 6.09. The molecule has 0 atom stereocenters. The fourth-order valence-electron chi connectivity index (χ4n) is 4.12. The van der Waals surface area contributed by atoms with Gasteiger partial charge in [-0.25, -0.2) is 9.50 Å². The van der Waals surface area contributed by atoms with Crippen molar-refractivity contribution in [2.45, 2.75) is 32.8 Å². The molecule has 0 unspecified atom stereocenters. The Morgan fingerprint density at radius 2 is 2.00 bits per heavy atom. The van der Waals surface area contributed by atoms with Crippen LogP contribution in [0.25, 0.3) is 5.65 Å². The predicted molar refractivity (Wildman–Crippen MR) is 114 cm³/mol. The van der Waals surface area contributed by atoms with Gasteiger partial charge in [-0.1, -0.05) is 0 Å². The number of amides is 1. The molecule has 156 valence electrons. The molecule has 0 aliphatic carbocycles. The van der Waals surface area contributed by atoms with E-state index in [9.17, 15) is 4.79 Å². The molecule has 3 aromatic rings. The standard InChI is InChI=1S/C22H25N5O3/c1-14-11-23-20-16(12-24-27(20)13-14)21(28)25-17-8-15-10-22(2,3)30-19(15)9-18(17)26-4-6-29-7-5-26/h8-9,11-13H,4-7,10H2,1-3H3,(H,25,28). The summed E-state index contributed by atoms with van der Waals surface area (Å²) in [5.41, 5.74) is 4.53. The molecule has 0 bridgehead atoms. The number of benzene rings is 1. The summed E-state index contributed by atoms with van der Waals surface area (Å²) in [5, 5.41) is 7.38. The van der Waals surface area contributed by atoms with Gasteiger partial charge in [0.25, 0.3) is 5.91 Å². The van der Waals surface area contributed by atoms with E-state index >= 15 is 0 Å². The van der Waals surface area contributed by atoms with Crippen LogP contribution in [0.2, 0.25) is 0 Å². The molecule has 0 radical (unpaired) electrons. The lowest BCUT2D eigenvalue weighted by molar-refractivity contribution is 0.102. The van der Waals surface area contributed by atoms with E-state index in [2.05, 4.69) is 34.1 Å². The van der Waals surface area contributed by atoms with E-state index in [1.807, 2.05) is 25.3 Å². The van der Waals surface area contributed by atoms with Crippen molar-refractivity contribution >= 4 is 22.9 Å². The molecule has 8 heteroatoms. The number of hydrogen-bond acceptors (Lipinski definition) is 6. The maximum Gasteiger partial charge on any atom is 0.261 e. The zero-order valence-corrected chi connectivity index (χ0v) is 17.4. The van der Waals surface area contributed by atoms with Crippen LogP contribution < -0.4 is 15.0 Å². The smallest absolute Gasteiger partial charge is 0.261 e. The van der Waals surface area contributed by atoms with Gasteiger partial charge >= 0.3 is 0 Å². The summed E-state index contributed by atoms with van der Waals surface area (Å²) < 4.78 is 13.3. The van der Waals surface area contributed by atoms with Crippen LogP contribution in [-0.4, -0.2) is 52.4 Å². The lowest BCUT2D eigenvalue weighted by Gasteiger charge is -2.31. The van der Waals surface area contributed by atoms with Crippen LogP contribution in [0.1, 0.15) is 35.3 Å². The molecule has 1 N–H and O–H groups in total. The highest BCUT2D eigenvalue weighted by Gasteiger charge is 2.32. The Hall–Kier alpha value is -3.13. The number of morpholine rings is 1. The highest BCUT2D eigenvalue weighted by atomic mass is 16.5. The fraction of sp³-hybridized carbons (Fsp3) is 0.409. The van der Waals surface area contributed by atoms with Crippen LogP contribution in [0.15, 0.2) is 30.7 Å². The lowest BCUT2D eigenvalue weighted by atomic mass is 10.0. The molecule has 0 spiro atoms. The van der Waals surface area contributed by atoms with E-state index in [0.717, 1.165) is 47.8 Å². The lowest BCUT2D eigenvalue weighted by Crippen LogP contribution is -2.36. The number of nitrogens with zero attached hydrogens (tertiary/aromatic N) is 4. The molecular formula is C22H25N5O3. The first-order valence-corrected chi connectivity index (χ1v) is 10.2. The van der Waals surface area contributed by atoms with Crippen molar-refractivity contribution in [2.75, 3.05) is 36.5 Å². The van der Waals surface area contributed by atoms with Gasteiger partial charge in [0.15, 0.2) is 5.65 Å². The summed E-state index contributed by atoms with van der Waals surface area (Å²) in [5.74, 6) is 0.654.